The predicted molar refractivity (Wildman–Crippen MR) is 96.1 cm³/mol. The number of nitrogens with one attached hydrogen (secondary N) is 1. The minimum Gasteiger partial charge on any atom is -0.497 e. The Kier molecular flexibility index (Phi) is 4.78. The molecule has 0 aliphatic carbocycles. The molecule has 1 saturated heterocycles. The Hall–Kier alpha value is -2.39. The van der Waals surface area contributed by atoms with E-state index in [4.69, 9.17) is 9.15 Å². The van der Waals surface area contributed by atoms with E-state index in [1.54, 1.807) is 30.3 Å². The van der Waals surface area contributed by atoms with E-state index < -0.39 is 17.8 Å². The van der Waals surface area contributed by atoms with Gasteiger partial charge in [0.2, 0.25) is 0 Å². The summed E-state index contributed by atoms with van der Waals surface area (Å²) in [6.45, 7) is 0. The van der Waals surface area contributed by atoms with E-state index in [0.29, 0.717) is 20.6 Å². The predicted octanol–water partition coefficient (Wildman–Crippen LogP) is 3.48. The number of anilines is 1. The first-order chi connectivity index (χ1) is 11.9. The lowest BCUT2D eigenvalue weighted by atomic mass is 10.1. The summed E-state index contributed by atoms with van der Waals surface area (Å²) in [5.41, 5.74) is 0.0904. The topological polar surface area (TPSA) is 88.8 Å². The second-order valence-corrected chi connectivity index (χ2v) is 6.50. The molecule has 128 valence electrons. The van der Waals surface area contributed by atoms with Gasteiger partial charge in [-0.25, -0.2) is 9.69 Å². The molecule has 2 heterocycles. The van der Waals surface area contributed by atoms with Gasteiger partial charge in [0.1, 0.15) is 17.1 Å². The van der Waals surface area contributed by atoms with Gasteiger partial charge in [-0.15, -0.1) is 0 Å². The van der Waals surface area contributed by atoms with Crippen LogP contribution in [-0.2, 0) is 9.59 Å². The molecule has 2 aromatic rings. The minimum absolute atomic E-state index is 0.218. The van der Waals surface area contributed by atoms with Crippen molar-refractivity contribution in [3.8, 4) is 5.75 Å². The SMILES string of the molecule is COc1ccc(N2C(=O)NC(=O)/C(=C\c3cc(Br)c(Br)o3)C2=O)cc1. The Morgan fingerprint density at radius 2 is 1.84 bits per heavy atom. The van der Waals surface area contributed by atoms with E-state index in [1.165, 1.54) is 13.2 Å². The van der Waals surface area contributed by atoms with Gasteiger partial charge in [-0.3, -0.25) is 14.9 Å². The average molecular weight is 470 g/mol. The van der Waals surface area contributed by atoms with E-state index in [2.05, 4.69) is 37.2 Å². The van der Waals surface area contributed by atoms with E-state index in [0.717, 1.165) is 4.90 Å². The van der Waals surface area contributed by atoms with Crippen LogP contribution in [0.15, 0.2) is 49.5 Å². The number of barbiturate groups is 1. The zero-order valence-corrected chi connectivity index (χ0v) is 15.9. The van der Waals surface area contributed by atoms with Crippen LogP contribution < -0.4 is 15.0 Å². The van der Waals surface area contributed by atoms with Gasteiger partial charge in [0.15, 0.2) is 4.67 Å². The van der Waals surface area contributed by atoms with Crippen molar-refractivity contribution in [3.63, 3.8) is 0 Å². The lowest BCUT2D eigenvalue weighted by Crippen LogP contribution is -2.54. The maximum atomic E-state index is 12.7. The molecule has 0 bridgehead atoms. The molecule has 1 aromatic carbocycles. The van der Waals surface area contributed by atoms with Crippen LogP contribution in [0.25, 0.3) is 6.08 Å². The Labute approximate surface area is 158 Å². The highest BCUT2D eigenvalue weighted by Crippen LogP contribution is 2.29. The molecule has 1 aliphatic heterocycles. The van der Waals surface area contributed by atoms with Crippen molar-refractivity contribution < 1.29 is 23.5 Å². The lowest BCUT2D eigenvalue weighted by Gasteiger charge is -2.26. The summed E-state index contributed by atoms with van der Waals surface area (Å²) in [5.74, 6) is -0.682. The molecular weight excluding hydrogens is 460 g/mol. The zero-order valence-electron chi connectivity index (χ0n) is 12.7. The molecule has 0 radical (unpaired) electrons. The fourth-order valence-electron chi connectivity index (χ4n) is 2.20. The van der Waals surface area contributed by atoms with Gasteiger partial charge in [-0.05, 0) is 68.3 Å². The summed E-state index contributed by atoms with van der Waals surface area (Å²) in [7, 11) is 1.51. The first-order valence-corrected chi connectivity index (χ1v) is 8.49. The van der Waals surface area contributed by atoms with Gasteiger partial charge in [0, 0.05) is 0 Å². The largest absolute Gasteiger partial charge is 0.497 e. The molecule has 3 rings (SSSR count). The molecule has 1 fully saturated rings. The molecular formula is C16H10Br2N2O5. The highest BCUT2D eigenvalue weighted by molar-refractivity contribution is 9.13. The number of hydrogen-bond acceptors (Lipinski definition) is 5. The summed E-state index contributed by atoms with van der Waals surface area (Å²) in [6, 6.07) is 7.07. The highest BCUT2D eigenvalue weighted by atomic mass is 79.9. The lowest BCUT2D eigenvalue weighted by molar-refractivity contribution is -0.122. The third-order valence-electron chi connectivity index (χ3n) is 3.38. The number of carbonyl (C=O) groups is 3. The maximum absolute atomic E-state index is 12.7. The quantitative estimate of drug-likeness (QED) is 0.549. The molecule has 0 atom stereocenters. The molecule has 0 saturated carbocycles. The van der Waals surface area contributed by atoms with Gasteiger partial charge >= 0.3 is 6.03 Å². The van der Waals surface area contributed by atoms with Crippen molar-refractivity contribution in [3.05, 3.63) is 50.8 Å². The molecule has 1 aromatic heterocycles. The number of benzene rings is 1. The molecule has 7 nitrogen and oxygen atoms in total. The number of imide groups is 2. The molecule has 9 heteroatoms. The monoisotopic (exact) mass is 468 g/mol. The van der Waals surface area contributed by atoms with Gasteiger partial charge in [0.25, 0.3) is 11.8 Å². The molecule has 1 aliphatic rings. The number of halogens is 2. The Bertz CT molecular complexity index is 882. The van der Waals surface area contributed by atoms with E-state index in [1.807, 2.05) is 0 Å². The summed E-state index contributed by atoms with van der Waals surface area (Å²) in [4.78, 5) is 37.7. The van der Waals surface area contributed by atoms with Crippen molar-refractivity contribution in [2.24, 2.45) is 0 Å². The first kappa shape index (κ1) is 17.4. The van der Waals surface area contributed by atoms with Gasteiger partial charge in [-0.1, -0.05) is 0 Å². The van der Waals surface area contributed by atoms with E-state index >= 15 is 0 Å². The summed E-state index contributed by atoms with van der Waals surface area (Å²) >= 11 is 6.43. The van der Waals surface area contributed by atoms with Crippen molar-refractivity contribution in [2.75, 3.05) is 12.0 Å². The molecule has 0 spiro atoms. The van der Waals surface area contributed by atoms with Crippen LogP contribution in [0.5, 0.6) is 5.75 Å². The minimum atomic E-state index is -0.820. The zero-order chi connectivity index (χ0) is 18.1. The fraction of sp³-hybridized carbons (Fsp3) is 0.0625. The van der Waals surface area contributed by atoms with Gasteiger partial charge in [0.05, 0.1) is 17.3 Å². The number of amides is 4. The standard InChI is InChI=1S/C16H10Br2N2O5/c1-24-9-4-2-8(3-5-9)20-15(22)11(14(21)19-16(20)23)6-10-7-12(17)13(18)25-10/h2-7H,1H3,(H,19,21,23)/b11-6+. The van der Waals surface area contributed by atoms with Crippen LogP contribution in [0, 0.1) is 0 Å². The summed E-state index contributed by atoms with van der Waals surface area (Å²) in [5, 5.41) is 2.14. The van der Waals surface area contributed by atoms with Crippen molar-refractivity contribution in [2.45, 2.75) is 0 Å². The van der Waals surface area contributed by atoms with Crippen LogP contribution in [0.4, 0.5) is 10.5 Å². The summed E-state index contributed by atoms with van der Waals surface area (Å²) in [6.07, 6.45) is 1.27. The van der Waals surface area contributed by atoms with E-state index in [9.17, 15) is 14.4 Å². The Balaban J connectivity index is 1.98. The molecule has 4 amide bonds. The smallest absolute Gasteiger partial charge is 0.335 e. The van der Waals surface area contributed by atoms with Crippen molar-refractivity contribution >= 4 is 61.5 Å². The van der Waals surface area contributed by atoms with Crippen molar-refractivity contribution in [1.29, 1.82) is 0 Å². The van der Waals surface area contributed by atoms with Crippen LogP contribution >= 0.6 is 31.9 Å². The van der Waals surface area contributed by atoms with E-state index in [-0.39, 0.29) is 11.3 Å². The van der Waals surface area contributed by atoms with Gasteiger partial charge in [-0.2, -0.15) is 0 Å². The summed E-state index contributed by atoms with van der Waals surface area (Å²) < 4.78 is 11.5. The number of rotatable bonds is 3. The Morgan fingerprint density at radius 3 is 2.40 bits per heavy atom. The average Bonchev–Trinajstić information content (AvgIpc) is 2.90. The number of urea groups is 1. The van der Waals surface area contributed by atoms with Crippen LogP contribution in [0.2, 0.25) is 0 Å². The number of ether oxygens (including phenoxy) is 1. The van der Waals surface area contributed by atoms with Crippen molar-refractivity contribution in [1.82, 2.24) is 5.32 Å². The second kappa shape index (κ2) is 6.85. The molecule has 1 N–H and O–H groups in total. The first-order valence-electron chi connectivity index (χ1n) is 6.91. The number of nitrogens with zero attached hydrogens (tertiary/aromatic N) is 1. The van der Waals surface area contributed by atoms with Gasteiger partial charge < -0.3 is 9.15 Å². The number of methoxy groups -OCH3 is 1. The number of hydrogen-bond donors (Lipinski definition) is 1. The molecule has 25 heavy (non-hydrogen) atoms. The van der Waals surface area contributed by atoms with Crippen LogP contribution in [-0.4, -0.2) is 25.0 Å². The fourth-order valence-corrected chi connectivity index (χ4v) is 2.81. The van der Waals surface area contributed by atoms with Crippen LogP contribution in [0.1, 0.15) is 5.76 Å². The number of furan rings is 1. The second-order valence-electron chi connectivity index (χ2n) is 4.93. The third kappa shape index (κ3) is 3.38. The molecule has 0 unspecified atom stereocenters. The highest BCUT2D eigenvalue weighted by Gasteiger charge is 2.37. The number of carbonyl (C=O) groups excluding carboxylic acids is 3. The Morgan fingerprint density at radius 1 is 1.16 bits per heavy atom. The third-order valence-corrected chi connectivity index (χ3v) is 5.09. The maximum Gasteiger partial charge on any atom is 0.335 e. The van der Waals surface area contributed by atoms with Crippen LogP contribution in [0.3, 0.4) is 0 Å². The normalized spacial score (nSPS) is 16.4.